The van der Waals surface area contributed by atoms with Crippen molar-refractivity contribution in [2.24, 2.45) is 5.92 Å². The molecule has 0 aliphatic carbocycles. The van der Waals surface area contributed by atoms with Crippen molar-refractivity contribution in [3.63, 3.8) is 0 Å². The van der Waals surface area contributed by atoms with E-state index < -0.39 is 18.7 Å². The van der Waals surface area contributed by atoms with Crippen molar-refractivity contribution < 1.29 is 27.8 Å². The van der Waals surface area contributed by atoms with Gasteiger partial charge in [-0.25, -0.2) is 9.78 Å². The maximum atomic E-state index is 13.3. The maximum absolute atomic E-state index is 13.3. The molecule has 4 rings (SSSR count). The number of ether oxygens (including phenoxy) is 1. The molecule has 1 saturated heterocycles. The average molecular weight is 486 g/mol. The van der Waals surface area contributed by atoms with Gasteiger partial charge in [-0.3, -0.25) is 0 Å². The van der Waals surface area contributed by atoms with E-state index in [2.05, 4.69) is 22.1 Å². The molecule has 6 nitrogen and oxygen atoms in total. The summed E-state index contributed by atoms with van der Waals surface area (Å²) >= 11 is 0. The van der Waals surface area contributed by atoms with Gasteiger partial charge in [0.25, 0.3) is 0 Å². The fourth-order valence-corrected chi connectivity index (χ4v) is 4.24. The second kappa shape index (κ2) is 10.8. The highest BCUT2D eigenvalue weighted by molar-refractivity contribution is 5.85. The van der Waals surface area contributed by atoms with Gasteiger partial charge in [-0.05, 0) is 73.4 Å². The Bertz CT molecular complexity index is 1230. The number of aryl methyl sites for hydroxylation is 1. The van der Waals surface area contributed by atoms with Crippen LogP contribution in [0.15, 0.2) is 42.6 Å². The van der Waals surface area contributed by atoms with E-state index in [1.807, 2.05) is 12.1 Å². The monoisotopic (exact) mass is 485 g/mol. The van der Waals surface area contributed by atoms with Crippen molar-refractivity contribution in [2.45, 2.75) is 38.4 Å². The molecule has 0 unspecified atom stereocenters. The molecule has 1 fully saturated rings. The lowest BCUT2D eigenvalue weighted by Crippen LogP contribution is -2.18. The number of alkyl halides is 3. The molecule has 0 radical (unpaired) electrons. The molecule has 35 heavy (non-hydrogen) atoms. The first-order chi connectivity index (χ1) is 16.8. The molecule has 2 N–H and O–H groups in total. The van der Waals surface area contributed by atoms with Crippen molar-refractivity contribution in [2.75, 3.05) is 25.1 Å². The standard InChI is InChI=1S/C26H26F3N3O3/c27-26(28,29)17-32-22(2-1-11-30-21-6-7-23(25(33)34)31-16-21)15-20-14-19(5-8-24(20)32)4-3-18-9-12-35-13-10-18/h5-8,14-16,18,30H,3-4,9-13,17H2,(H,33,34). The highest BCUT2D eigenvalue weighted by Crippen LogP contribution is 2.28. The molecular formula is C26H26F3N3O3. The summed E-state index contributed by atoms with van der Waals surface area (Å²) in [5, 5.41) is 12.6. The Hall–Kier alpha value is -3.51. The molecule has 3 aromatic rings. The Kier molecular flexibility index (Phi) is 7.61. The van der Waals surface area contributed by atoms with Gasteiger partial charge in [-0.2, -0.15) is 13.2 Å². The van der Waals surface area contributed by atoms with Gasteiger partial charge >= 0.3 is 12.1 Å². The van der Waals surface area contributed by atoms with E-state index in [4.69, 9.17) is 9.84 Å². The number of nitrogens with zero attached hydrogens (tertiary/aromatic N) is 2. The summed E-state index contributed by atoms with van der Waals surface area (Å²) in [6, 6.07) is 10.2. The summed E-state index contributed by atoms with van der Waals surface area (Å²) in [7, 11) is 0. The minimum atomic E-state index is -4.38. The fraction of sp³-hybridized carbons (Fsp3) is 0.385. The largest absolute Gasteiger partial charge is 0.477 e. The third-order valence-electron chi connectivity index (χ3n) is 6.07. The minimum absolute atomic E-state index is 0.0783. The van der Waals surface area contributed by atoms with Crippen LogP contribution in [-0.2, 0) is 17.7 Å². The first-order valence-corrected chi connectivity index (χ1v) is 11.5. The van der Waals surface area contributed by atoms with Crippen molar-refractivity contribution in [3.8, 4) is 11.8 Å². The molecule has 0 atom stereocenters. The van der Waals surface area contributed by atoms with Gasteiger partial charge in [-0.1, -0.05) is 12.0 Å². The first-order valence-electron chi connectivity index (χ1n) is 11.5. The van der Waals surface area contributed by atoms with Gasteiger partial charge in [0.2, 0.25) is 0 Å². The highest BCUT2D eigenvalue weighted by Gasteiger charge is 2.29. The van der Waals surface area contributed by atoms with E-state index >= 15 is 0 Å². The number of benzene rings is 1. The number of carboxylic acid groups (broad SMARTS) is 1. The molecular weight excluding hydrogens is 459 g/mol. The summed E-state index contributed by atoms with van der Waals surface area (Å²) in [5.41, 5.74) is 2.38. The lowest BCUT2D eigenvalue weighted by atomic mass is 9.92. The van der Waals surface area contributed by atoms with Gasteiger partial charge in [-0.15, -0.1) is 0 Å². The Morgan fingerprint density at radius 3 is 2.69 bits per heavy atom. The Morgan fingerprint density at radius 2 is 2.00 bits per heavy atom. The predicted molar refractivity (Wildman–Crippen MR) is 126 cm³/mol. The highest BCUT2D eigenvalue weighted by atomic mass is 19.4. The van der Waals surface area contributed by atoms with E-state index in [0.29, 0.717) is 22.8 Å². The number of pyridine rings is 1. The first kappa shape index (κ1) is 24.6. The predicted octanol–water partition coefficient (Wildman–Crippen LogP) is 5.12. The van der Waals surface area contributed by atoms with Gasteiger partial charge < -0.3 is 19.7 Å². The molecule has 0 bridgehead atoms. The number of rotatable bonds is 7. The smallest absolute Gasteiger partial charge is 0.406 e. The zero-order chi connectivity index (χ0) is 24.8. The average Bonchev–Trinajstić information content (AvgIpc) is 3.16. The molecule has 0 saturated carbocycles. The van der Waals surface area contributed by atoms with Crippen LogP contribution in [0.2, 0.25) is 0 Å². The van der Waals surface area contributed by atoms with Crippen molar-refractivity contribution in [1.29, 1.82) is 0 Å². The molecule has 9 heteroatoms. The van der Waals surface area contributed by atoms with E-state index in [1.54, 1.807) is 18.2 Å². The minimum Gasteiger partial charge on any atom is -0.477 e. The lowest BCUT2D eigenvalue weighted by molar-refractivity contribution is -0.140. The number of fused-ring (bicyclic) bond motifs is 1. The molecule has 0 amide bonds. The van der Waals surface area contributed by atoms with Crippen LogP contribution >= 0.6 is 0 Å². The second-order valence-electron chi connectivity index (χ2n) is 8.61. The fourth-order valence-electron chi connectivity index (χ4n) is 4.24. The van der Waals surface area contributed by atoms with Crippen LogP contribution in [0, 0.1) is 17.8 Å². The molecule has 3 heterocycles. The van der Waals surface area contributed by atoms with E-state index in [0.717, 1.165) is 49.8 Å². The molecule has 184 valence electrons. The lowest BCUT2D eigenvalue weighted by Gasteiger charge is -2.21. The number of halogens is 3. The van der Waals surface area contributed by atoms with Gasteiger partial charge in [0.05, 0.1) is 24.1 Å². The normalized spacial score (nSPS) is 14.5. The van der Waals surface area contributed by atoms with Gasteiger partial charge in [0.15, 0.2) is 0 Å². The topological polar surface area (TPSA) is 76.4 Å². The number of hydrogen-bond donors (Lipinski definition) is 2. The van der Waals surface area contributed by atoms with Crippen LogP contribution in [-0.4, -0.2) is 46.6 Å². The zero-order valence-corrected chi connectivity index (χ0v) is 19.1. The molecule has 1 aliphatic rings. The summed E-state index contributed by atoms with van der Waals surface area (Å²) in [5.74, 6) is 5.20. The van der Waals surface area contributed by atoms with Crippen LogP contribution in [0.4, 0.5) is 18.9 Å². The van der Waals surface area contributed by atoms with Crippen LogP contribution in [0.5, 0.6) is 0 Å². The number of anilines is 1. The molecule has 2 aromatic heterocycles. The van der Waals surface area contributed by atoms with E-state index in [1.165, 1.54) is 16.8 Å². The van der Waals surface area contributed by atoms with Crippen molar-refractivity contribution >= 4 is 22.6 Å². The van der Waals surface area contributed by atoms with E-state index in [9.17, 15) is 18.0 Å². The number of nitrogens with one attached hydrogen (secondary N) is 1. The molecule has 1 aromatic carbocycles. The summed E-state index contributed by atoms with van der Waals surface area (Å²) in [6.45, 7) is 0.643. The van der Waals surface area contributed by atoms with Crippen molar-refractivity contribution in [1.82, 2.24) is 9.55 Å². The third-order valence-corrected chi connectivity index (χ3v) is 6.07. The number of carboxylic acids is 1. The van der Waals surface area contributed by atoms with Crippen LogP contribution < -0.4 is 5.32 Å². The second-order valence-corrected chi connectivity index (χ2v) is 8.61. The Balaban J connectivity index is 1.49. The number of aromatic nitrogens is 2. The van der Waals surface area contributed by atoms with Gasteiger partial charge in [0.1, 0.15) is 12.2 Å². The number of aromatic carboxylic acids is 1. The Morgan fingerprint density at radius 1 is 1.20 bits per heavy atom. The zero-order valence-electron chi connectivity index (χ0n) is 19.1. The number of hydrogen-bond acceptors (Lipinski definition) is 4. The van der Waals surface area contributed by atoms with Crippen LogP contribution in [0.1, 0.15) is 41.0 Å². The van der Waals surface area contributed by atoms with E-state index in [-0.39, 0.29) is 12.2 Å². The molecule has 0 spiro atoms. The summed E-state index contributed by atoms with van der Waals surface area (Å²) in [4.78, 5) is 14.7. The third kappa shape index (κ3) is 6.76. The summed E-state index contributed by atoms with van der Waals surface area (Å²) < 4.78 is 46.5. The van der Waals surface area contributed by atoms with Gasteiger partial charge in [0, 0.05) is 24.1 Å². The SMILES string of the molecule is O=C(O)c1ccc(NCC#Cc2cc3cc(CCC4CCOCC4)ccc3n2CC(F)(F)F)cn1. The summed E-state index contributed by atoms with van der Waals surface area (Å²) in [6.07, 6.45) is 1.02. The maximum Gasteiger partial charge on any atom is 0.406 e. The Labute approximate surface area is 201 Å². The number of carbonyl (C=O) groups is 1. The molecule has 1 aliphatic heterocycles. The van der Waals surface area contributed by atoms with Crippen molar-refractivity contribution in [3.05, 3.63) is 59.5 Å². The van der Waals surface area contributed by atoms with Crippen LogP contribution in [0.25, 0.3) is 10.9 Å². The quantitative estimate of drug-likeness (QED) is 0.455. The van der Waals surface area contributed by atoms with Crippen LogP contribution in [0.3, 0.4) is 0 Å².